The number of ether oxygens (including phenoxy) is 1. The van der Waals surface area contributed by atoms with Gasteiger partial charge in [0.2, 0.25) is 0 Å². The van der Waals surface area contributed by atoms with Gasteiger partial charge in [-0.05, 0) is 49.2 Å². The molecule has 17 heavy (non-hydrogen) atoms. The van der Waals surface area contributed by atoms with Crippen LogP contribution < -0.4 is 4.74 Å². The first-order chi connectivity index (χ1) is 8.02. The van der Waals surface area contributed by atoms with Gasteiger partial charge in [-0.25, -0.2) is 0 Å². The second-order valence-corrected chi connectivity index (χ2v) is 4.68. The van der Waals surface area contributed by atoms with Crippen LogP contribution in [0.15, 0.2) is 36.4 Å². The lowest BCUT2D eigenvalue weighted by atomic mass is 9.92. The zero-order chi connectivity index (χ0) is 12.5. The molecule has 0 atom stereocenters. The summed E-state index contributed by atoms with van der Waals surface area (Å²) < 4.78 is 5.48. The molecule has 0 fully saturated rings. The molecular weight excluding hydrogens is 212 g/mol. The maximum Gasteiger partial charge on any atom is 0.119 e. The second-order valence-electron chi connectivity index (χ2n) is 4.68. The van der Waals surface area contributed by atoms with Gasteiger partial charge in [0.05, 0.1) is 12.2 Å². The normalized spacial score (nSPS) is 11.8. The summed E-state index contributed by atoms with van der Waals surface area (Å²) in [6.07, 6.45) is 0. The van der Waals surface area contributed by atoms with Crippen LogP contribution in [0.3, 0.4) is 0 Å². The molecule has 2 aromatic rings. The van der Waals surface area contributed by atoms with E-state index in [9.17, 15) is 5.11 Å². The average Bonchev–Trinajstić information content (AvgIpc) is 2.27. The largest absolute Gasteiger partial charge is 0.494 e. The number of hydrogen-bond acceptors (Lipinski definition) is 2. The Morgan fingerprint density at radius 1 is 1.18 bits per heavy atom. The Morgan fingerprint density at radius 2 is 1.94 bits per heavy atom. The fraction of sp³-hybridized carbons (Fsp3) is 0.333. The summed E-state index contributed by atoms with van der Waals surface area (Å²) in [4.78, 5) is 0. The van der Waals surface area contributed by atoms with Gasteiger partial charge >= 0.3 is 0 Å². The lowest BCUT2D eigenvalue weighted by molar-refractivity contribution is 0.0802. The quantitative estimate of drug-likeness (QED) is 0.875. The van der Waals surface area contributed by atoms with Crippen LogP contribution in [0.25, 0.3) is 10.8 Å². The minimum Gasteiger partial charge on any atom is -0.494 e. The monoisotopic (exact) mass is 230 g/mol. The number of aliphatic hydroxyl groups is 1. The fourth-order valence-electron chi connectivity index (χ4n) is 2.05. The first-order valence-corrected chi connectivity index (χ1v) is 5.91. The molecule has 2 rings (SSSR count). The highest BCUT2D eigenvalue weighted by Gasteiger charge is 2.18. The van der Waals surface area contributed by atoms with Gasteiger partial charge in [0.15, 0.2) is 0 Å². The van der Waals surface area contributed by atoms with Gasteiger partial charge in [-0.3, -0.25) is 0 Å². The van der Waals surface area contributed by atoms with Crippen LogP contribution in [0, 0.1) is 0 Å². The van der Waals surface area contributed by atoms with Crippen molar-refractivity contribution in [1.29, 1.82) is 0 Å². The molecule has 2 aromatic carbocycles. The van der Waals surface area contributed by atoms with Crippen LogP contribution in [0.2, 0.25) is 0 Å². The van der Waals surface area contributed by atoms with E-state index in [1.807, 2.05) is 43.3 Å². The van der Waals surface area contributed by atoms with Crippen molar-refractivity contribution in [2.75, 3.05) is 6.61 Å². The van der Waals surface area contributed by atoms with Crippen molar-refractivity contribution in [3.8, 4) is 5.75 Å². The van der Waals surface area contributed by atoms with E-state index in [2.05, 4.69) is 0 Å². The SMILES string of the molecule is CCOc1ccc2c(C(C)(C)O)cccc2c1. The zero-order valence-electron chi connectivity index (χ0n) is 10.5. The topological polar surface area (TPSA) is 29.5 Å². The summed E-state index contributed by atoms with van der Waals surface area (Å²) in [5.41, 5.74) is 0.116. The first-order valence-electron chi connectivity index (χ1n) is 5.91. The highest BCUT2D eigenvalue weighted by atomic mass is 16.5. The first kappa shape index (κ1) is 11.9. The summed E-state index contributed by atoms with van der Waals surface area (Å²) in [5.74, 6) is 0.868. The highest BCUT2D eigenvalue weighted by Crippen LogP contribution is 2.30. The average molecular weight is 230 g/mol. The standard InChI is InChI=1S/C15H18O2/c1-4-17-12-8-9-13-11(10-12)6-5-7-14(13)15(2,3)16/h5-10,16H,4H2,1-3H3. The van der Waals surface area contributed by atoms with Crippen LogP contribution in [-0.4, -0.2) is 11.7 Å². The summed E-state index contributed by atoms with van der Waals surface area (Å²) in [7, 11) is 0. The molecule has 0 aliphatic heterocycles. The Kier molecular flexibility index (Phi) is 3.07. The lowest BCUT2D eigenvalue weighted by Gasteiger charge is -2.20. The van der Waals surface area contributed by atoms with Gasteiger partial charge in [-0.2, -0.15) is 0 Å². The molecule has 2 nitrogen and oxygen atoms in total. The molecule has 0 aromatic heterocycles. The van der Waals surface area contributed by atoms with Gasteiger partial charge in [-0.15, -0.1) is 0 Å². The van der Waals surface area contributed by atoms with E-state index >= 15 is 0 Å². The Bertz CT molecular complexity index is 524. The van der Waals surface area contributed by atoms with Gasteiger partial charge < -0.3 is 9.84 Å². The van der Waals surface area contributed by atoms with Crippen molar-refractivity contribution in [3.05, 3.63) is 42.0 Å². The third kappa shape index (κ3) is 2.42. The zero-order valence-corrected chi connectivity index (χ0v) is 10.5. The summed E-state index contributed by atoms with van der Waals surface area (Å²) in [6, 6.07) is 11.9. The fourth-order valence-corrected chi connectivity index (χ4v) is 2.05. The minimum absolute atomic E-state index is 0.663. The summed E-state index contributed by atoms with van der Waals surface area (Å²) >= 11 is 0. The van der Waals surface area contributed by atoms with Crippen LogP contribution in [-0.2, 0) is 5.60 Å². The Labute approximate surface area is 102 Å². The third-order valence-corrected chi connectivity index (χ3v) is 2.82. The Morgan fingerprint density at radius 3 is 2.59 bits per heavy atom. The van der Waals surface area contributed by atoms with Crippen LogP contribution >= 0.6 is 0 Å². The molecular formula is C15H18O2. The number of fused-ring (bicyclic) bond motifs is 1. The van der Waals surface area contributed by atoms with E-state index in [1.54, 1.807) is 13.8 Å². The van der Waals surface area contributed by atoms with E-state index in [4.69, 9.17) is 4.74 Å². The highest BCUT2D eigenvalue weighted by molar-refractivity contribution is 5.87. The molecule has 0 saturated carbocycles. The molecule has 0 aliphatic carbocycles. The number of benzene rings is 2. The smallest absolute Gasteiger partial charge is 0.119 e. The third-order valence-electron chi connectivity index (χ3n) is 2.82. The summed E-state index contributed by atoms with van der Waals surface area (Å²) in [6.45, 7) is 6.24. The van der Waals surface area contributed by atoms with Crippen molar-refractivity contribution in [2.24, 2.45) is 0 Å². The van der Waals surface area contributed by atoms with Gasteiger partial charge in [0, 0.05) is 0 Å². The van der Waals surface area contributed by atoms with Crippen LogP contribution in [0.1, 0.15) is 26.3 Å². The number of rotatable bonds is 3. The number of hydrogen-bond donors (Lipinski definition) is 1. The summed E-state index contributed by atoms with van der Waals surface area (Å²) in [5, 5.41) is 12.3. The van der Waals surface area contributed by atoms with E-state index in [-0.39, 0.29) is 0 Å². The Balaban J connectivity index is 2.59. The predicted molar refractivity (Wildman–Crippen MR) is 70.4 cm³/mol. The molecule has 0 unspecified atom stereocenters. The van der Waals surface area contributed by atoms with Crippen molar-refractivity contribution in [2.45, 2.75) is 26.4 Å². The molecule has 0 bridgehead atoms. The van der Waals surface area contributed by atoms with Crippen molar-refractivity contribution < 1.29 is 9.84 Å². The van der Waals surface area contributed by atoms with Crippen molar-refractivity contribution >= 4 is 10.8 Å². The Hall–Kier alpha value is -1.54. The van der Waals surface area contributed by atoms with Crippen LogP contribution in [0.4, 0.5) is 0 Å². The molecule has 0 saturated heterocycles. The second kappa shape index (κ2) is 4.38. The molecule has 0 radical (unpaired) electrons. The predicted octanol–water partition coefficient (Wildman–Crippen LogP) is 3.47. The minimum atomic E-state index is -0.827. The van der Waals surface area contributed by atoms with Crippen molar-refractivity contribution in [3.63, 3.8) is 0 Å². The van der Waals surface area contributed by atoms with Gasteiger partial charge in [-0.1, -0.05) is 24.3 Å². The molecule has 0 aliphatic rings. The van der Waals surface area contributed by atoms with E-state index in [1.165, 1.54) is 0 Å². The van der Waals surface area contributed by atoms with E-state index < -0.39 is 5.60 Å². The maximum absolute atomic E-state index is 10.1. The molecule has 1 N–H and O–H groups in total. The van der Waals surface area contributed by atoms with Gasteiger partial charge in [0.25, 0.3) is 0 Å². The van der Waals surface area contributed by atoms with Crippen LogP contribution in [0.5, 0.6) is 5.75 Å². The van der Waals surface area contributed by atoms with E-state index in [0.29, 0.717) is 6.61 Å². The molecule has 0 amide bonds. The van der Waals surface area contributed by atoms with Gasteiger partial charge in [0.1, 0.15) is 5.75 Å². The maximum atomic E-state index is 10.1. The van der Waals surface area contributed by atoms with Crippen molar-refractivity contribution in [1.82, 2.24) is 0 Å². The lowest BCUT2D eigenvalue weighted by Crippen LogP contribution is -2.15. The molecule has 0 spiro atoms. The molecule has 90 valence electrons. The van der Waals surface area contributed by atoms with E-state index in [0.717, 1.165) is 22.1 Å². The molecule has 2 heteroatoms. The molecule has 0 heterocycles.